The first-order valence-electron chi connectivity index (χ1n) is 1.37. The van der Waals surface area contributed by atoms with Crippen LogP contribution in [0.4, 0.5) is 0 Å². The Balaban J connectivity index is 2.32. The van der Waals surface area contributed by atoms with Crippen molar-refractivity contribution in [2.24, 2.45) is 0 Å². The second-order valence-electron chi connectivity index (χ2n) is 1.01. The maximum atomic E-state index is 3.49. The first kappa shape index (κ1) is 5.40. The molecule has 0 N–H and O–H groups in total. The fraction of sp³-hybridized carbons (Fsp3) is 1.00. The van der Waals surface area contributed by atoms with E-state index in [4.69, 9.17) is 0 Å². The van der Waals surface area contributed by atoms with Crippen molar-refractivity contribution in [3.63, 3.8) is 0 Å². The minimum absolute atomic E-state index is 0.910. The van der Waals surface area contributed by atoms with Crippen molar-refractivity contribution in [2.75, 3.05) is 0 Å². The van der Waals surface area contributed by atoms with Crippen molar-refractivity contribution in [1.82, 2.24) is 0 Å². The summed E-state index contributed by atoms with van der Waals surface area (Å²) in [5, 5.41) is 0. The molecule has 0 radical (unpaired) electrons. The van der Waals surface area contributed by atoms with Crippen LogP contribution in [0.5, 0.6) is 0 Å². The Labute approximate surface area is 41.0 Å². The molecule has 0 saturated heterocycles. The molecule has 2 heteroatoms. The summed E-state index contributed by atoms with van der Waals surface area (Å²) in [6.07, 6.45) is 0. The monoisotopic (exact) mass is 314 g/mol. The molecule has 0 aliphatic carbocycles. The van der Waals surface area contributed by atoms with Gasteiger partial charge in [-0.25, -0.2) is 0 Å². The fourth-order valence-corrected chi connectivity index (χ4v) is 0. The van der Waals surface area contributed by atoms with Gasteiger partial charge >= 0.3 is 41.2 Å². The van der Waals surface area contributed by atoms with E-state index in [-0.39, 0.29) is 0 Å². The molecule has 0 saturated carbocycles. The van der Waals surface area contributed by atoms with Gasteiger partial charge in [0.1, 0.15) is 0 Å². The molecule has 0 aromatic carbocycles. The molecule has 0 heterocycles. The molecule has 0 aromatic heterocycles. The third-order valence-corrected chi connectivity index (χ3v) is 0. The summed E-state index contributed by atoms with van der Waals surface area (Å²) in [5.74, 6) is 0. The summed E-state index contributed by atoms with van der Waals surface area (Å²) in [6.45, 7) is 0. The Kier molecular flexibility index (Phi) is 3.55. The molecular weight excluding hydrogens is 308 g/mol. The zero-order valence-corrected chi connectivity index (χ0v) is 9.03. The molecule has 0 unspecified atom stereocenters. The summed E-state index contributed by atoms with van der Waals surface area (Å²) in [5.41, 5.74) is 0. The van der Waals surface area contributed by atoms with Gasteiger partial charge < -0.3 is 0 Å². The molecule has 0 aliphatic rings. The number of halogens is 1. The number of hydrogen-bond donors (Lipinski definition) is 0. The van der Waals surface area contributed by atoms with E-state index in [1.54, 1.807) is 0 Å². The van der Waals surface area contributed by atoms with Gasteiger partial charge in [-0.2, -0.15) is 0 Å². The first-order valence-corrected chi connectivity index (χ1v) is 20.1. The number of rotatable bonds is 0. The van der Waals surface area contributed by atoms with Crippen LogP contribution in [0.3, 0.4) is 0 Å². The van der Waals surface area contributed by atoms with Crippen LogP contribution >= 0.6 is 12.0 Å². The van der Waals surface area contributed by atoms with Crippen LogP contribution in [0.1, 0.15) is 0 Å². The third kappa shape index (κ3) is 9.99. The average molecular weight is 314 g/mol. The van der Waals surface area contributed by atoms with E-state index in [0.29, 0.717) is 0 Å². The topological polar surface area (TPSA) is 0 Å². The molecule has 0 atom stereocenters. The van der Waals surface area contributed by atoms with Crippen molar-refractivity contribution >= 4 is 32.3 Å². The van der Waals surface area contributed by atoms with E-state index in [9.17, 15) is 0 Å². The second kappa shape index (κ2) is 2.63. The zero-order valence-electron chi connectivity index (χ0n) is 2.96. The van der Waals surface area contributed by atoms with Gasteiger partial charge in [0.2, 0.25) is 0 Å². The fourth-order valence-electron chi connectivity index (χ4n) is 0. The molecule has 0 rings (SSSR count). The Morgan fingerprint density at radius 1 is 1.50 bits per heavy atom. The first-order chi connectivity index (χ1) is 1.73. The van der Waals surface area contributed by atoms with Crippen LogP contribution in [-0.4, -0.2) is 20.3 Å². The van der Waals surface area contributed by atoms with Crippen molar-refractivity contribution in [3.05, 3.63) is 0 Å². The maximum absolute atomic E-state index is 3.49. The normalized spacial score (nSPS) is 6.75. The van der Waals surface area contributed by atoms with Gasteiger partial charge in [-0.1, -0.05) is 0 Å². The molecule has 0 aliphatic heterocycles. The average Bonchev–Trinajstić information content (AvgIpc) is 0.811. The molecule has 0 fully saturated rings. The summed E-state index contributed by atoms with van der Waals surface area (Å²) < 4.78 is 4.61. The van der Waals surface area contributed by atoms with Crippen LogP contribution in [0.25, 0.3) is 0 Å². The summed E-state index contributed by atoms with van der Waals surface area (Å²) in [4.78, 5) is 0. The van der Waals surface area contributed by atoms with Gasteiger partial charge in [-0.05, 0) is 0 Å². The van der Waals surface area contributed by atoms with Gasteiger partial charge in [-0.15, -0.1) is 0 Å². The Morgan fingerprint density at radius 3 is 1.50 bits per heavy atom. The van der Waals surface area contributed by atoms with E-state index in [0.717, 1.165) is 0 Å². The summed E-state index contributed by atoms with van der Waals surface area (Å²) in [6, 6.07) is 0. The van der Waals surface area contributed by atoms with E-state index >= 15 is 0 Å². The molecule has 0 spiro atoms. The van der Waals surface area contributed by atoms with Crippen LogP contribution in [0, 0.1) is 0 Å². The van der Waals surface area contributed by atoms with Crippen LogP contribution in [0.2, 0.25) is 8.97 Å². The molecule has 4 heavy (non-hydrogen) atoms. The second-order valence-corrected chi connectivity index (χ2v) is 25.0. The molecule has 0 nitrogen and oxygen atoms in total. The minimum atomic E-state index is -0.910. The van der Waals surface area contributed by atoms with Crippen molar-refractivity contribution in [1.29, 1.82) is 0 Å². The third-order valence-electron chi connectivity index (χ3n) is 0. The summed E-state index contributed by atoms with van der Waals surface area (Å²) >= 11 is 2.58. The Hall–Kier alpha value is 1.40. The predicted octanol–water partition coefficient (Wildman–Crippen LogP) is 1.63. The van der Waals surface area contributed by atoms with Gasteiger partial charge in [0, 0.05) is 0 Å². The van der Waals surface area contributed by atoms with Crippen LogP contribution in [0.15, 0.2) is 0 Å². The van der Waals surface area contributed by atoms with Crippen LogP contribution in [-0.2, 0) is 0 Å². The predicted molar refractivity (Wildman–Crippen MR) is 26.4 cm³/mol. The van der Waals surface area contributed by atoms with Crippen molar-refractivity contribution in [3.8, 4) is 0 Å². The molecule has 0 aromatic rings. The van der Waals surface area contributed by atoms with Gasteiger partial charge in [0.25, 0.3) is 0 Å². The number of hydrogen-bond acceptors (Lipinski definition) is 0. The van der Waals surface area contributed by atoms with E-state index in [1.165, 1.54) is 0 Å². The molecule has 0 amide bonds. The standard InChI is InChI=1S/2CH3.BrH.Tl/h2*1H3;1H;/q;;;+1/p-1. The SMILES string of the molecule is [CH3][Tl]([CH3])[Br]. The molecule has 24 valence electrons. The van der Waals surface area contributed by atoms with Gasteiger partial charge in [-0.3, -0.25) is 0 Å². The van der Waals surface area contributed by atoms with E-state index < -0.39 is 20.3 Å². The van der Waals surface area contributed by atoms with Crippen LogP contribution < -0.4 is 0 Å². The van der Waals surface area contributed by atoms with Crippen molar-refractivity contribution < 1.29 is 0 Å². The van der Waals surface area contributed by atoms with Crippen molar-refractivity contribution in [2.45, 2.75) is 8.97 Å². The van der Waals surface area contributed by atoms with Gasteiger partial charge in [0.15, 0.2) is 0 Å². The van der Waals surface area contributed by atoms with Gasteiger partial charge in [0.05, 0.1) is 0 Å². The zero-order chi connectivity index (χ0) is 3.58. The molecular formula is C2H6BrTl. The quantitative estimate of drug-likeness (QED) is 0.596. The summed E-state index contributed by atoms with van der Waals surface area (Å²) in [7, 11) is 0. The van der Waals surface area contributed by atoms with E-state index in [1.807, 2.05) is 0 Å². The Morgan fingerprint density at radius 2 is 1.50 bits per heavy atom. The molecule has 0 bridgehead atoms. The Bertz CT molecular complexity index is 10.8. The van der Waals surface area contributed by atoms with E-state index in [2.05, 4.69) is 21.0 Å².